The molecule has 0 saturated heterocycles. The fraction of sp³-hybridized carbons (Fsp3) is 0.708. The van der Waals surface area contributed by atoms with E-state index in [1.54, 1.807) is 0 Å². The number of unbranched alkanes of at least 4 members (excludes halogenated alkanes) is 5. The van der Waals surface area contributed by atoms with Gasteiger partial charge in [0.2, 0.25) is 0 Å². The van der Waals surface area contributed by atoms with Crippen LogP contribution < -0.4 is 5.32 Å². The number of hydrogen-bond acceptors (Lipinski definition) is 1. The van der Waals surface area contributed by atoms with Gasteiger partial charge in [-0.05, 0) is 50.7 Å². The number of aryl methyl sites for hydroxylation is 2. The maximum atomic E-state index is 12.9. The monoisotopic (exact) mass is 375 g/mol. The molecule has 154 valence electrons. The van der Waals surface area contributed by atoms with E-state index < -0.39 is 0 Å². The first-order valence-corrected chi connectivity index (χ1v) is 11.2. The molecule has 0 atom stereocenters. The van der Waals surface area contributed by atoms with Crippen LogP contribution in [0.1, 0.15) is 83.3 Å². The van der Waals surface area contributed by atoms with E-state index in [9.17, 15) is 4.79 Å². The average Bonchev–Trinajstić information content (AvgIpc) is 2.62. The molecule has 1 amide bonds. The van der Waals surface area contributed by atoms with E-state index in [0.29, 0.717) is 6.54 Å². The average molecular weight is 376 g/mol. The smallest absolute Gasteiger partial charge is 0.279 e. The Morgan fingerprint density at radius 2 is 1.37 bits per heavy atom. The summed E-state index contributed by atoms with van der Waals surface area (Å²) >= 11 is 0. The highest BCUT2D eigenvalue weighted by Gasteiger charge is 2.28. The van der Waals surface area contributed by atoms with Crippen molar-refractivity contribution in [2.75, 3.05) is 31.5 Å². The minimum atomic E-state index is 0.167. The topological polar surface area (TPSA) is 29.1 Å². The number of nitrogens with zero attached hydrogens (tertiary/aromatic N) is 1. The minimum Gasteiger partial charge on any atom is -0.321 e. The number of para-hydroxylation sites is 1. The summed E-state index contributed by atoms with van der Waals surface area (Å²) in [5.74, 6) is 0.167. The second-order valence-electron chi connectivity index (χ2n) is 8.25. The van der Waals surface area contributed by atoms with E-state index in [1.165, 1.54) is 38.5 Å². The van der Waals surface area contributed by atoms with Crippen LogP contribution in [0.5, 0.6) is 0 Å². The van der Waals surface area contributed by atoms with Crippen molar-refractivity contribution in [3.63, 3.8) is 0 Å². The molecule has 3 nitrogen and oxygen atoms in total. The van der Waals surface area contributed by atoms with Crippen LogP contribution in [-0.4, -0.2) is 36.6 Å². The summed E-state index contributed by atoms with van der Waals surface area (Å²) in [5, 5.41) is 3.21. The van der Waals surface area contributed by atoms with Crippen LogP contribution in [0.4, 0.5) is 5.69 Å². The van der Waals surface area contributed by atoms with E-state index in [0.717, 1.165) is 53.8 Å². The molecule has 3 heteroatoms. The van der Waals surface area contributed by atoms with Crippen molar-refractivity contribution in [2.24, 2.45) is 0 Å². The zero-order chi connectivity index (χ0) is 20.1. The number of rotatable bonds is 14. The Hall–Kier alpha value is -1.35. The maximum Gasteiger partial charge on any atom is 0.279 e. The summed E-state index contributed by atoms with van der Waals surface area (Å²) < 4.78 is 0.942. The molecule has 0 aliphatic heterocycles. The molecular formula is C24H43N2O+. The molecule has 0 saturated carbocycles. The van der Waals surface area contributed by atoms with E-state index >= 15 is 0 Å². The largest absolute Gasteiger partial charge is 0.321 e. The van der Waals surface area contributed by atoms with E-state index in [2.05, 4.69) is 52.1 Å². The quantitative estimate of drug-likeness (QED) is 0.303. The third kappa shape index (κ3) is 8.47. The fourth-order valence-electron chi connectivity index (χ4n) is 4.24. The van der Waals surface area contributed by atoms with Gasteiger partial charge in [0, 0.05) is 5.69 Å². The van der Waals surface area contributed by atoms with E-state index in [4.69, 9.17) is 0 Å². The van der Waals surface area contributed by atoms with Crippen molar-refractivity contribution in [3.05, 3.63) is 29.3 Å². The third-order valence-electron chi connectivity index (χ3n) is 5.61. The molecule has 0 heterocycles. The van der Waals surface area contributed by atoms with Gasteiger partial charge in [0.15, 0.2) is 6.54 Å². The zero-order valence-electron chi connectivity index (χ0n) is 18.6. The molecule has 0 bridgehead atoms. The van der Waals surface area contributed by atoms with Crippen molar-refractivity contribution >= 4 is 11.6 Å². The van der Waals surface area contributed by atoms with Gasteiger partial charge in [-0.1, -0.05) is 64.7 Å². The summed E-state index contributed by atoms with van der Waals surface area (Å²) in [6, 6.07) is 6.19. The number of amides is 1. The lowest BCUT2D eigenvalue weighted by Gasteiger charge is -2.38. The molecule has 1 rings (SSSR count). The van der Waals surface area contributed by atoms with Crippen molar-refractivity contribution in [2.45, 2.75) is 86.0 Å². The Morgan fingerprint density at radius 1 is 0.815 bits per heavy atom. The van der Waals surface area contributed by atoms with Crippen molar-refractivity contribution in [1.29, 1.82) is 0 Å². The predicted octanol–water partition coefficient (Wildman–Crippen LogP) is 6.24. The van der Waals surface area contributed by atoms with Crippen LogP contribution in [0.2, 0.25) is 0 Å². The number of hydrogen-bond donors (Lipinski definition) is 1. The van der Waals surface area contributed by atoms with Crippen LogP contribution >= 0.6 is 0 Å². The highest BCUT2D eigenvalue weighted by atomic mass is 16.2. The highest BCUT2D eigenvalue weighted by Crippen LogP contribution is 2.21. The van der Waals surface area contributed by atoms with Gasteiger partial charge in [0.25, 0.3) is 5.91 Å². The molecule has 1 aromatic rings. The number of carbonyl (C=O) groups excluding carboxylic acids is 1. The zero-order valence-corrected chi connectivity index (χ0v) is 18.6. The van der Waals surface area contributed by atoms with Gasteiger partial charge in [-0.2, -0.15) is 0 Å². The van der Waals surface area contributed by atoms with Crippen molar-refractivity contribution in [1.82, 2.24) is 0 Å². The molecular weight excluding hydrogens is 332 g/mol. The lowest BCUT2D eigenvalue weighted by Crippen LogP contribution is -2.54. The van der Waals surface area contributed by atoms with Gasteiger partial charge in [-0.15, -0.1) is 0 Å². The lowest BCUT2D eigenvalue weighted by molar-refractivity contribution is -0.921. The summed E-state index contributed by atoms with van der Waals surface area (Å²) in [6.07, 6.45) is 10.1. The van der Waals surface area contributed by atoms with Crippen LogP contribution in [0, 0.1) is 13.8 Å². The van der Waals surface area contributed by atoms with Gasteiger partial charge < -0.3 is 9.80 Å². The highest BCUT2D eigenvalue weighted by molar-refractivity contribution is 5.93. The standard InChI is InChI=1S/C24H42N2O/c1-6-9-10-11-12-13-19-26(17-7-2,18-8-3)20-23(27)25-24-21(4)15-14-16-22(24)5/h14-16H,6-13,17-20H2,1-5H3/p+1. The maximum absolute atomic E-state index is 12.9. The van der Waals surface area contributed by atoms with Crippen LogP contribution in [0.15, 0.2) is 18.2 Å². The van der Waals surface area contributed by atoms with Crippen molar-refractivity contribution < 1.29 is 9.28 Å². The summed E-state index contributed by atoms with van der Waals surface area (Å²) in [6.45, 7) is 14.8. The lowest BCUT2D eigenvalue weighted by atomic mass is 10.1. The van der Waals surface area contributed by atoms with Crippen LogP contribution in [-0.2, 0) is 4.79 Å². The second kappa shape index (κ2) is 12.9. The first-order chi connectivity index (χ1) is 13.0. The normalized spacial score (nSPS) is 11.6. The Bertz CT molecular complexity index is 527. The van der Waals surface area contributed by atoms with E-state index in [1.807, 2.05) is 6.07 Å². The Kier molecular flexibility index (Phi) is 11.3. The molecule has 0 aromatic heterocycles. The van der Waals surface area contributed by atoms with E-state index in [-0.39, 0.29) is 5.91 Å². The predicted molar refractivity (Wildman–Crippen MR) is 118 cm³/mol. The Morgan fingerprint density at radius 3 is 1.93 bits per heavy atom. The van der Waals surface area contributed by atoms with Gasteiger partial charge in [0.1, 0.15) is 0 Å². The van der Waals surface area contributed by atoms with Crippen molar-refractivity contribution in [3.8, 4) is 0 Å². The molecule has 0 aliphatic carbocycles. The number of carbonyl (C=O) groups is 1. The number of anilines is 1. The number of quaternary nitrogens is 1. The summed E-state index contributed by atoms with van der Waals surface area (Å²) in [5.41, 5.74) is 3.28. The van der Waals surface area contributed by atoms with Crippen LogP contribution in [0.25, 0.3) is 0 Å². The first kappa shape index (κ1) is 23.7. The number of benzene rings is 1. The fourth-order valence-corrected chi connectivity index (χ4v) is 4.24. The van der Waals surface area contributed by atoms with Crippen LogP contribution in [0.3, 0.4) is 0 Å². The SMILES string of the molecule is CCCCCCCC[N+](CCC)(CCC)CC(=O)Nc1c(C)cccc1C. The minimum absolute atomic E-state index is 0.167. The molecule has 1 N–H and O–H groups in total. The molecule has 0 fully saturated rings. The van der Waals surface area contributed by atoms with Gasteiger partial charge in [-0.3, -0.25) is 4.79 Å². The molecule has 1 aromatic carbocycles. The number of nitrogens with one attached hydrogen (secondary N) is 1. The second-order valence-corrected chi connectivity index (χ2v) is 8.25. The molecule has 0 spiro atoms. The third-order valence-corrected chi connectivity index (χ3v) is 5.61. The van der Waals surface area contributed by atoms with Gasteiger partial charge >= 0.3 is 0 Å². The Labute approximate surface area is 168 Å². The molecule has 27 heavy (non-hydrogen) atoms. The molecule has 0 radical (unpaired) electrons. The van der Waals surface area contributed by atoms with Gasteiger partial charge in [0.05, 0.1) is 19.6 Å². The van der Waals surface area contributed by atoms with Gasteiger partial charge in [-0.25, -0.2) is 0 Å². The molecule has 0 unspecified atom stereocenters. The summed E-state index contributed by atoms with van der Waals surface area (Å²) in [7, 11) is 0. The Balaban J connectivity index is 2.72. The summed E-state index contributed by atoms with van der Waals surface area (Å²) in [4.78, 5) is 12.9. The first-order valence-electron chi connectivity index (χ1n) is 11.2. The molecule has 0 aliphatic rings.